The minimum Gasteiger partial charge on any atom is -0.478 e. The van der Waals surface area contributed by atoms with E-state index in [1.165, 1.54) is 0 Å². The highest BCUT2D eigenvalue weighted by atomic mass is 35.5. The number of carboxylic acids is 2. The van der Waals surface area contributed by atoms with Crippen LogP contribution in [0.4, 0.5) is 0 Å². The predicted molar refractivity (Wildman–Crippen MR) is 129 cm³/mol. The van der Waals surface area contributed by atoms with Gasteiger partial charge in [-0.2, -0.15) is 0 Å². The van der Waals surface area contributed by atoms with Crippen molar-refractivity contribution in [3.8, 4) is 11.5 Å². The number of morpholine rings is 1. The Bertz CT molecular complexity index is 995. The molecule has 7 nitrogen and oxygen atoms in total. The summed E-state index contributed by atoms with van der Waals surface area (Å²) in [5.41, 5.74) is 0.963. The van der Waals surface area contributed by atoms with Gasteiger partial charge in [0, 0.05) is 31.7 Å². The fourth-order valence-corrected chi connectivity index (χ4v) is 3.89. The average molecular weight is 558 g/mol. The van der Waals surface area contributed by atoms with Gasteiger partial charge < -0.3 is 25.0 Å². The zero-order valence-electron chi connectivity index (χ0n) is 16.8. The summed E-state index contributed by atoms with van der Waals surface area (Å²) in [5.74, 6) is -1.73. The molecule has 0 spiro atoms. The summed E-state index contributed by atoms with van der Waals surface area (Å²) in [5, 5.41) is 19.5. The Morgan fingerprint density at radius 2 is 1.52 bits per heavy atom. The van der Waals surface area contributed by atoms with Gasteiger partial charge in [0.2, 0.25) is 0 Å². The quantitative estimate of drug-likeness (QED) is 0.228. The van der Waals surface area contributed by atoms with Crippen LogP contribution < -0.4 is 10.1 Å². The number of halogens is 5. The Balaban J connectivity index is 0.000000414. The monoisotopic (exact) mass is 555 g/mol. The maximum atomic E-state index is 9.55. The Morgan fingerprint density at radius 1 is 0.970 bits per heavy atom. The van der Waals surface area contributed by atoms with Crippen LogP contribution in [0.2, 0.25) is 25.1 Å². The molecule has 2 aromatic rings. The van der Waals surface area contributed by atoms with Gasteiger partial charge in [-0.3, -0.25) is 0 Å². The third kappa shape index (κ3) is 8.22. The van der Waals surface area contributed by atoms with Crippen molar-refractivity contribution in [1.29, 1.82) is 0 Å². The first-order valence-corrected chi connectivity index (χ1v) is 11.2. The van der Waals surface area contributed by atoms with E-state index in [2.05, 4.69) is 5.32 Å². The number of nitrogens with one attached hydrogen (secondary N) is 1. The molecule has 0 aromatic heterocycles. The van der Waals surface area contributed by atoms with E-state index in [0.717, 1.165) is 18.7 Å². The van der Waals surface area contributed by atoms with E-state index >= 15 is 0 Å². The van der Waals surface area contributed by atoms with Crippen molar-refractivity contribution in [1.82, 2.24) is 5.32 Å². The van der Waals surface area contributed by atoms with Gasteiger partial charge in [0.25, 0.3) is 0 Å². The summed E-state index contributed by atoms with van der Waals surface area (Å²) in [6.45, 7) is 2.34. The zero-order valence-corrected chi connectivity index (χ0v) is 20.6. The second-order valence-corrected chi connectivity index (χ2v) is 8.41. The lowest BCUT2D eigenvalue weighted by atomic mass is 10.1. The first-order chi connectivity index (χ1) is 15.6. The third-order valence-electron chi connectivity index (χ3n) is 4.17. The van der Waals surface area contributed by atoms with E-state index in [4.69, 9.17) is 77.7 Å². The Hall–Kier alpha value is -1.71. The van der Waals surface area contributed by atoms with Crippen LogP contribution in [-0.2, 0) is 20.7 Å². The van der Waals surface area contributed by atoms with Crippen molar-refractivity contribution in [2.75, 3.05) is 19.7 Å². The van der Waals surface area contributed by atoms with Crippen molar-refractivity contribution < 1.29 is 29.3 Å². The molecule has 0 saturated carbocycles. The smallest absolute Gasteiger partial charge is 0.328 e. The van der Waals surface area contributed by atoms with Crippen molar-refractivity contribution in [2.24, 2.45) is 0 Å². The third-order valence-corrected chi connectivity index (χ3v) is 6.42. The highest BCUT2D eigenvalue weighted by Gasteiger charge is 2.22. The van der Waals surface area contributed by atoms with Gasteiger partial charge in [-0.25, -0.2) is 9.59 Å². The number of hydrogen-bond acceptors (Lipinski definition) is 5. The summed E-state index contributed by atoms with van der Waals surface area (Å²) in [6.07, 6.45) is 1.87. The number of benzene rings is 2. The molecule has 178 valence electrons. The molecule has 0 radical (unpaired) electrons. The van der Waals surface area contributed by atoms with Crippen LogP contribution in [0.1, 0.15) is 5.56 Å². The molecule has 1 heterocycles. The van der Waals surface area contributed by atoms with Crippen LogP contribution >= 0.6 is 58.0 Å². The van der Waals surface area contributed by atoms with Gasteiger partial charge in [-0.05, 0) is 11.6 Å². The van der Waals surface area contributed by atoms with Crippen LogP contribution in [0.25, 0.3) is 0 Å². The van der Waals surface area contributed by atoms with Crippen molar-refractivity contribution >= 4 is 69.9 Å². The minimum absolute atomic E-state index is 0.0711. The molecule has 1 aliphatic heterocycles. The van der Waals surface area contributed by atoms with Gasteiger partial charge in [0.1, 0.15) is 15.8 Å². The van der Waals surface area contributed by atoms with Crippen LogP contribution in [-0.4, -0.2) is 48.0 Å². The number of carboxylic acid groups (broad SMARTS) is 2. The number of carbonyl (C=O) groups is 2. The summed E-state index contributed by atoms with van der Waals surface area (Å²) in [6, 6.07) is 7.59. The molecule has 33 heavy (non-hydrogen) atoms. The summed E-state index contributed by atoms with van der Waals surface area (Å²) in [7, 11) is 0. The van der Waals surface area contributed by atoms with Gasteiger partial charge in [0.05, 0.1) is 27.8 Å². The second-order valence-electron chi connectivity index (χ2n) is 6.52. The molecule has 0 bridgehead atoms. The van der Waals surface area contributed by atoms with E-state index in [9.17, 15) is 9.59 Å². The van der Waals surface area contributed by atoms with E-state index in [0.29, 0.717) is 30.9 Å². The number of ether oxygens (including phenoxy) is 2. The summed E-state index contributed by atoms with van der Waals surface area (Å²) < 4.78 is 11.7. The maximum Gasteiger partial charge on any atom is 0.328 e. The number of aliphatic carboxylic acids is 2. The molecular weight excluding hydrogens is 539 g/mol. The van der Waals surface area contributed by atoms with Crippen molar-refractivity contribution in [3.63, 3.8) is 0 Å². The van der Waals surface area contributed by atoms with Crippen LogP contribution in [0.15, 0.2) is 36.4 Å². The van der Waals surface area contributed by atoms with Crippen molar-refractivity contribution in [2.45, 2.75) is 12.5 Å². The number of hydrogen-bond donors (Lipinski definition) is 3. The highest BCUT2D eigenvalue weighted by Crippen LogP contribution is 2.49. The predicted octanol–water partition coefficient (Wildman–Crippen LogP) is 5.99. The summed E-state index contributed by atoms with van der Waals surface area (Å²) in [4.78, 5) is 19.1. The molecule has 1 saturated heterocycles. The van der Waals surface area contributed by atoms with E-state index in [1.54, 1.807) is 0 Å². The zero-order chi connectivity index (χ0) is 24.5. The average Bonchev–Trinajstić information content (AvgIpc) is 2.80. The molecule has 1 fully saturated rings. The Labute approximate surface area is 214 Å². The molecule has 0 unspecified atom stereocenters. The molecule has 1 aliphatic rings. The molecule has 3 N–H and O–H groups in total. The first-order valence-electron chi connectivity index (χ1n) is 9.35. The number of rotatable bonds is 6. The number of para-hydroxylation sites is 1. The van der Waals surface area contributed by atoms with Gasteiger partial charge in [-0.15, -0.1) is 0 Å². The topological polar surface area (TPSA) is 105 Å². The lowest BCUT2D eigenvalue weighted by Crippen LogP contribution is -2.39. The van der Waals surface area contributed by atoms with E-state index in [-0.39, 0.29) is 37.0 Å². The molecule has 2 aromatic carbocycles. The fourth-order valence-electron chi connectivity index (χ4n) is 2.70. The standard InChI is InChI=1S/C17H14Cl5NO2.C4H4O4/c18-12-13(19)15(21)17(16(22)14(12)20)25-11-4-2-1-3-9(11)7-10-8-23-5-6-24-10;5-3(6)1-2-4(7)8/h1-4,10,23H,5-8H2;1-2H,(H,5,6)(H,7,8)/b;2-1+/t10-;/m0./s1. The molecule has 0 aliphatic carbocycles. The van der Waals surface area contributed by atoms with Gasteiger partial charge >= 0.3 is 11.9 Å². The Kier molecular flexibility index (Phi) is 11.1. The van der Waals surface area contributed by atoms with E-state index in [1.807, 2.05) is 24.3 Å². The molecule has 12 heteroatoms. The van der Waals surface area contributed by atoms with Gasteiger partial charge in [-0.1, -0.05) is 76.2 Å². The Morgan fingerprint density at radius 3 is 2.03 bits per heavy atom. The molecule has 3 rings (SSSR count). The normalized spacial score (nSPS) is 15.6. The second kappa shape index (κ2) is 13.2. The van der Waals surface area contributed by atoms with Crippen LogP contribution in [0.5, 0.6) is 11.5 Å². The van der Waals surface area contributed by atoms with Crippen LogP contribution in [0, 0.1) is 0 Å². The maximum absolute atomic E-state index is 9.55. The lowest BCUT2D eigenvalue weighted by molar-refractivity contribution is -0.134. The lowest BCUT2D eigenvalue weighted by Gasteiger charge is -2.24. The highest BCUT2D eigenvalue weighted by molar-refractivity contribution is 6.55. The SMILES string of the molecule is Clc1c(Cl)c(Cl)c(Oc2ccccc2C[C@H]2CNCCO2)c(Cl)c1Cl.O=C(O)/C=C/C(=O)O. The molecular formula is C21H18Cl5NO6. The van der Waals surface area contributed by atoms with Gasteiger partial charge in [0.15, 0.2) is 5.75 Å². The van der Waals surface area contributed by atoms with E-state index < -0.39 is 11.9 Å². The van der Waals surface area contributed by atoms with Crippen LogP contribution in [0.3, 0.4) is 0 Å². The largest absolute Gasteiger partial charge is 0.478 e. The summed E-state index contributed by atoms with van der Waals surface area (Å²) >= 11 is 30.7. The minimum atomic E-state index is -1.26. The molecule has 0 amide bonds. The fraction of sp³-hybridized carbons (Fsp3) is 0.238. The first kappa shape index (κ1) is 27.5. The van der Waals surface area contributed by atoms with Crippen molar-refractivity contribution in [3.05, 3.63) is 67.1 Å². The molecule has 1 atom stereocenters.